The highest BCUT2D eigenvalue weighted by Gasteiger charge is 2.39. The van der Waals surface area contributed by atoms with Gasteiger partial charge in [-0.15, -0.1) is 0 Å². The van der Waals surface area contributed by atoms with Gasteiger partial charge in [0.25, 0.3) is 5.91 Å². The van der Waals surface area contributed by atoms with Crippen LogP contribution in [-0.4, -0.2) is 48.9 Å². The van der Waals surface area contributed by atoms with E-state index in [4.69, 9.17) is 0 Å². The first-order valence-electron chi connectivity index (χ1n) is 8.25. The predicted molar refractivity (Wildman–Crippen MR) is 79.8 cm³/mol. The van der Waals surface area contributed by atoms with Crippen molar-refractivity contribution in [2.24, 2.45) is 0 Å². The molecule has 0 aromatic carbocycles. The Kier molecular flexibility index (Phi) is 3.77. The zero-order chi connectivity index (χ0) is 17.6. The number of rotatable bonds is 3. The Bertz CT molecular complexity index is 757. The van der Waals surface area contributed by atoms with Crippen LogP contribution in [-0.2, 0) is 6.18 Å². The number of aromatic amines is 1. The number of carbonyl (C=O) groups excluding carboxylic acids is 1. The van der Waals surface area contributed by atoms with Gasteiger partial charge in [-0.05, 0) is 25.7 Å². The van der Waals surface area contributed by atoms with Crippen LogP contribution >= 0.6 is 0 Å². The van der Waals surface area contributed by atoms with Crippen LogP contribution < -0.4 is 0 Å². The molecule has 2 aromatic heterocycles. The third-order valence-corrected chi connectivity index (χ3v) is 4.74. The number of halogens is 3. The molecule has 0 spiro atoms. The molecule has 2 aromatic rings. The molecule has 3 heterocycles. The summed E-state index contributed by atoms with van der Waals surface area (Å²) in [4.78, 5) is 18.5. The van der Waals surface area contributed by atoms with E-state index in [1.165, 1.54) is 11.0 Å². The van der Waals surface area contributed by atoms with E-state index in [1.807, 2.05) is 0 Å². The zero-order valence-electron chi connectivity index (χ0n) is 13.3. The summed E-state index contributed by atoms with van der Waals surface area (Å²) in [6.07, 6.45) is -0.191. The van der Waals surface area contributed by atoms with Gasteiger partial charge in [0, 0.05) is 25.1 Å². The van der Waals surface area contributed by atoms with Crippen LogP contribution in [0.2, 0.25) is 0 Å². The summed E-state index contributed by atoms with van der Waals surface area (Å²) in [5, 5.41) is 10.3. The highest BCUT2D eigenvalue weighted by atomic mass is 19.4. The minimum absolute atomic E-state index is 0.0351. The van der Waals surface area contributed by atoms with E-state index >= 15 is 0 Å². The normalized spacial score (nSPS) is 19.4. The van der Waals surface area contributed by atoms with E-state index in [9.17, 15) is 18.0 Å². The molecule has 4 rings (SSSR count). The molecule has 1 amide bonds. The lowest BCUT2D eigenvalue weighted by molar-refractivity contribution is -0.141. The second-order valence-electron chi connectivity index (χ2n) is 6.53. The monoisotopic (exact) mass is 354 g/mol. The molecule has 0 atom stereocenters. The Labute approximate surface area is 141 Å². The Morgan fingerprint density at radius 2 is 1.92 bits per heavy atom. The molecule has 25 heavy (non-hydrogen) atoms. The predicted octanol–water partition coefficient (Wildman–Crippen LogP) is 2.37. The summed E-state index contributed by atoms with van der Waals surface area (Å²) >= 11 is 0. The van der Waals surface area contributed by atoms with Gasteiger partial charge in [-0.3, -0.25) is 14.6 Å². The number of nitrogens with one attached hydrogen (secondary N) is 1. The number of hydrogen-bond donors (Lipinski definition) is 1. The van der Waals surface area contributed by atoms with Crippen LogP contribution in [0.3, 0.4) is 0 Å². The number of aromatic nitrogens is 5. The highest BCUT2D eigenvalue weighted by Crippen LogP contribution is 2.38. The van der Waals surface area contributed by atoms with Gasteiger partial charge >= 0.3 is 6.18 Å². The molecule has 0 unspecified atom stereocenters. The molecule has 134 valence electrons. The maximum Gasteiger partial charge on any atom is 0.435 e. The summed E-state index contributed by atoms with van der Waals surface area (Å²) in [7, 11) is 0. The highest BCUT2D eigenvalue weighted by molar-refractivity contribution is 5.93. The number of likely N-dealkylation sites (tertiary alicyclic amines) is 1. The quantitative estimate of drug-likeness (QED) is 0.918. The molecule has 1 saturated heterocycles. The second-order valence-corrected chi connectivity index (χ2v) is 6.53. The van der Waals surface area contributed by atoms with Gasteiger partial charge in [-0.2, -0.15) is 23.4 Å². The summed E-state index contributed by atoms with van der Waals surface area (Å²) in [6.45, 7) is 0.947. The minimum atomic E-state index is -4.55. The number of carbonyl (C=O) groups is 1. The van der Waals surface area contributed by atoms with Gasteiger partial charge in [0.1, 0.15) is 17.8 Å². The number of nitrogens with zero attached hydrogens (tertiary/aromatic N) is 5. The first-order chi connectivity index (χ1) is 11.9. The van der Waals surface area contributed by atoms with Gasteiger partial charge in [0.05, 0.1) is 6.04 Å². The largest absolute Gasteiger partial charge is 0.435 e. The second kappa shape index (κ2) is 5.85. The maximum absolute atomic E-state index is 13.0. The molecule has 1 saturated carbocycles. The molecule has 0 bridgehead atoms. The first kappa shape index (κ1) is 16.1. The van der Waals surface area contributed by atoms with Crippen LogP contribution in [0.15, 0.2) is 12.4 Å². The molecule has 1 aliphatic heterocycles. The van der Waals surface area contributed by atoms with E-state index in [-0.39, 0.29) is 23.6 Å². The average Bonchev–Trinajstić information content (AvgIpc) is 3.12. The summed E-state index contributed by atoms with van der Waals surface area (Å²) in [5.41, 5.74) is -0.966. The van der Waals surface area contributed by atoms with Crippen molar-refractivity contribution >= 4 is 5.91 Å². The van der Waals surface area contributed by atoms with Crippen LogP contribution in [0, 0.1) is 0 Å². The number of hydrogen-bond acceptors (Lipinski definition) is 4. The molecule has 2 aliphatic rings. The third kappa shape index (κ3) is 3.12. The molecule has 10 heteroatoms. The maximum atomic E-state index is 13.0. The number of amides is 1. The minimum Gasteiger partial charge on any atom is -0.337 e. The molecule has 7 nitrogen and oxygen atoms in total. The van der Waals surface area contributed by atoms with Crippen LogP contribution in [0.1, 0.15) is 59.6 Å². The summed E-state index contributed by atoms with van der Waals surface area (Å²) in [6, 6.07) is 0.783. The fourth-order valence-corrected chi connectivity index (χ4v) is 3.22. The third-order valence-electron chi connectivity index (χ3n) is 4.74. The van der Waals surface area contributed by atoms with Gasteiger partial charge in [-0.1, -0.05) is 0 Å². The topological polar surface area (TPSA) is 79.7 Å². The van der Waals surface area contributed by atoms with Crippen LogP contribution in [0.4, 0.5) is 13.2 Å². The van der Waals surface area contributed by atoms with Gasteiger partial charge in [-0.25, -0.2) is 4.98 Å². The fraction of sp³-hybridized carbons (Fsp3) is 0.600. The van der Waals surface area contributed by atoms with Crippen molar-refractivity contribution in [2.45, 2.75) is 43.8 Å². The molecular weight excluding hydrogens is 337 g/mol. The van der Waals surface area contributed by atoms with E-state index in [0.717, 1.165) is 24.7 Å². The SMILES string of the molecule is O=C(c1cc(C(F)(F)F)nn1C1CC1)N1CCC(c2ncn[nH]2)CC1. The molecular formula is C15H17F3N6O. The number of piperidine rings is 1. The van der Waals surface area contributed by atoms with Crippen molar-refractivity contribution in [1.29, 1.82) is 0 Å². The van der Waals surface area contributed by atoms with Crippen molar-refractivity contribution in [1.82, 2.24) is 29.9 Å². The van der Waals surface area contributed by atoms with Crippen molar-refractivity contribution in [3.63, 3.8) is 0 Å². The van der Waals surface area contributed by atoms with Crippen molar-refractivity contribution in [3.8, 4) is 0 Å². The summed E-state index contributed by atoms with van der Waals surface area (Å²) in [5.74, 6) is 0.589. The van der Waals surface area contributed by atoms with Gasteiger partial charge in [0.15, 0.2) is 5.69 Å². The van der Waals surface area contributed by atoms with Crippen molar-refractivity contribution in [3.05, 3.63) is 29.6 Å². The van der Waals surface area contributed by atoms with Gasteiger partial charge in [0.2, 0.25) is 0 Å². The first-order valence-corrected chi connectivity index (χ1v) is 8.25. The summed E-state index contributed by atoms with van der Waals surface area (Å²) < 4.78 is 40.1. The average molecular weight is 354 g/mol. The molecule has 2 fully saturated rings. The van der Waals surface area contributed by atoms with E-state index in [1.54, 1.807) is 4.90 Å². The van der Waals surface area contributed by atoms with E-state index in [0.29, 0.717) is 25.9 Å². The Balaban J connectivity index is 1.51. The standard InChI is InChI=1S/C15H17F3N6O/c16-15(17,18)12-7-11(24(22-12)10-1-2-10)14(25)23-5-3-9(4-6-23)13-19-8-20-21-13/h7-10H,1-6H2,(H,19,20,21). The molecule has 0 radical (unpaired) electrons. The lowest BCUT2D eigenvalue weighted by Gasteiger charge is -2.31. The lowest BCUT2D eigenvalue weighted by Crippen LogP contribution is -2.39. The van der Waals surface area contributed by atoms with Crippen molar-refractivity contribution in [2.75, 3.05) is 13.1 Å². The smallest absolute Gasteiger partial charge is 0.337 e. The number of H-pyrrole nitrogens is 1. The zero-order valence-corrected chi connectivity index (χ0v) is 13.3. The Hall–Kier alpha value is -2.39. The number of alkyl halides is 3. The Morgan fingerprint density at radius 3 is 2.48 bits per heavy atom. The molecule has 1 aliphatic carbocycles. The van der Waals surface area contributed by atoms with E-state index < -0.39 is 11.9 Å². The van der Waals surface area contributed by atoms with Gasteiger partial charge < -0.3 is 4.90 Å². The lowest BCUT2D eigenvalue weighted by atomic mass is 9.96. The van der Waals surface area contributed by atoms with Crippen LogP contribution in [0.25, 0.3) is 0 Å². The van der Waals surface area contributed by atoms with E-state index in [2.05, 4.69) is 20.3 Å². The molecule has 1 N–H and O–H groups in total. The fourth-order valence-electron chi connectivity index (χ4n) is 3.22. The Morgan fingerprint density at radius 1 is 1.20 bits per heavy atom. The van der Waals surface area contributed by atoms with Crippen molar-refractivity contribution < 1.29 is 18.0 Å². The van der Waals surface area contributed by atoms with Crippen LogP contribution in [0.5, 0.6) is 0 Å².